The van der Waals surface area contributed by atoms with Gasteiger partial charge in [-0.2, -0.15) is 4.98 Å². The highest BCUT2D eigenvalue weighted by molar-refractivity contribution is 7.70. The SMILES string of the molecule is c1ccc(O[P+](Oc2ccccc2)(Oc2ccccc2)c2ncc[nH]2)cc1. The molecule has 0 radical (unpaired) electrons. The van der Waals surface area contributed by atoms with Crippen molar-refractivity contribution in [2.45, 2.75) is 0 Å². The fraction of sp³-hybridized carbons (Fsp3) is 0. The molecule has 0 saturated heterocycles. The van der Waals surface area contributed by atoms with Crippen molar-refractivity contribution in [1.82, 2.24) is 9.97 Å². The first-order valence-electron chi connectivity index (χ1n) is 8.47. The van der Waals surface area contributed by atoms with Crippen LogP contribution in [0, 0.1) is 0 Å². The van der Waals surface area contributed by atoms with Gasteiger partial charge in [-0.3, -0.25) is 13.6 Å². The van der Waals surface area contributed by atoms with Gasteiger partial charge in [0, 0.05) is 12.4 Å². The number of imidazole rings is 1. The van der Waals surface area contributed by atoms with Crippen LogP contribution >= 0.6 is 7.94 Å². The van der Waals surface area contributed by atoms with Crippen LogP contribution in [0.15, 0.2) is 103 Å². The Morgan fingerprint density at radius 1 is 0.593 bits per heavy atom. The van der Waals surface area contributed by atoms with Crippen LogP contribution in [0.25, 0.3) is 0 Å². The molecule has 6 heteroatoms. The predicted octanol–water partition coefficient (Wildman–Crippen LogP) is 5.03. The van der Waals surface area contributed by atoms with Crippen molar-refractivity contribution in [3.63, 3.8) is 0 Å². The summed E-state index contributed by atoms with van der Waals surface area (Å²) in [6, 6.07) is 28.3. The van der Waals surface area contributed by atoms with Crippen molar-refractivity contribution in [3.8, 4) is 17.2 Å². The standard InChI is InChI=1S/C21H18N2O3P/c1-4-10-18(11-5-1)24-27(21-22-16-17-23-21,25-19-12-6-2-7-13-19)26-20-14-8-3-9-15-20/h1-17H,(H,22,23)/q+1. The zero-order chi connectivity index (χ0) is 18.4. The summed E-state index contributed by atoms with van der Waals surface area (Å²) in [5.41, 5.74) is 0.499. The van der Waals surface area contributed by atoms with E-state index in [2.05, 4.69) is 9.97 Å². The van der Waals surface area contributed by atoms with Crippen molar-refractivity contribution in [1.29, 1.82) is 0 Å². The fourth-order valence-corrected chi connectivity index (χ4v) is 4.46. The van der Waals surface area contributed by atoms with Crippen LogP contribution in [0.5, 0.6) is 17.2 Å². The van der Waals surface area contributed by atoms with Crippen molar-refractivity contribution in [2.75, 3.05) is 0 Å². The monoisotopic (exact) mass is 377 g/mol. The summed E-state index contributed by atoms with van der Waals surface area (Å²) in [4.78, 5) is 7.50. The lowest BCUT2D eigenvalue weighted by atomic mass is 10.3. The van der Waals surface area contributed by atoms with E-state index in [4.69, 9.17) is 13.6 Å². The number of aromatic nitrogens is 2. The van der Waals surface area contributed by atoms with Crippen molar-refractivity contribution in [2.24, 2.45) is 0 Å². The first-order chi connectivity index (χ1) is 13.3. The van der Waals surface area contributed by atoms with Gasteiger partial charge in [0.2, 0.25) is 0 Å². The van der Waals surface area contributed by atoms with Gasteiger partial charge in [0.15, 0.2) is 17.2 Å². The molecule has 27 heavy (non-hydrogen) atoms. The highest BCUT2D eigenvalue weighted by Gasteiger charge is 2.57. The Balaban J connectivity index is 1.79. The summed E-state index contributed by atoms with van der Waals surface area (Å²) in [7, 11) is -3.13. The molecule has 0 fully saturated rings. The Morgan fingerprint density at radius 3 is 1.33 bits per heavy atom. The van der Waals surface area contributed by atoms with Crippen molar-refractivity contribution >= 4 is 13.5 Å². The minimum absolute atomic E-state index is 0.499. The Bertz CT molecular complexity index is 847. The fourth-order valence-electron chi connectivity index (χ4n) is 2.45. The zero-order valence-corrected chi connectivity index (χ0v) is 15.3. The van der Waals surface area contributed by atoms with E-state index in [0.717, 1.165) is 0 Å². The Kier molecular flexibility index (Phi) is 5.04. The van der Waals surface area contributed by atoms with Crippen LogP contribution in [-0.4, -0.2) is 9.97 Å². The van der Waals surface area contributed by atoms with Gasteiger partial charge >= 0.3 is 13.5 Å². The average Bonchev–Trinajstić information content (AvgIpc) is 3.26. The molecule has 4 rings (SSSR count). The van der Waals surface area contributed by atoms with E-state index < -0.39 is 7.94 Å². The molecule has 0 aliphatic carbocycles. The Morgan fingerprint density at radius 2 is 1.00 bits per heavy atom. The third-order valence-corrected chi connectivity index (χ3v) is 5.77. The number of nitrogens with zero attached hydrogens (tertiary/aromatic N) is 1. The van der Waals surface area contributed by atoms with Crippen LogP contribution in [0.4, 0.5) is 0 Å². The molecule has 0 atom stereocenters. The second kappa shape index (κ2) is 7.94. The number of benzene rings is 3. The summed E-state index contributed by atoms with van der Waals surface area (Å²) in [5.74, 6) is 1.90. The smallest absolute Gasteiger partial charge is 0.306 e. The van der Waals surface area contributed by atoms with Crippen LogP contribution in [0.1, 0.15) is 0 Å². The van der Waals surface area contributed by atoms with Gasteiger partial charge in [-0.1, -0.05) is 54.6 Å². The molecule has 0 aliphatic rings. The van der Waals surface area contributed by atoms with E-state index in [1.54, 1.807) is 12.4 Å². The van der Waals surface area contributed by atoms with Crippen molar-refractivity contribution in [3.05, 3.63) is 103 Å². The maximum absolute atomic E-state index is 6.33. The van der Waals surface area contributed by atoms with Crippen LogP contribution in [-0.2, 0) is 0 Å². The number of aromatic amines is 1. The second-order valence-corrected chi connectivity index (χ2v) is 7.59. The lowest BCUT2D eigenvalue weighted by Gasteiger charge is -2.20. The molecule has 134 valence electrons. The molecule has 0 saturated carbocycles. The highest BCUT2D eigenvalue weighted by atomic mass is 31.2. The van der Waals surface area contributed by atoms with Crippen LogP contribution < -0.4 is 19.1 Å². The van der Waals surface area contributed by atoms with E-state index in [-0.39, 0.29) is 0 Å². The maximum Gasteiger partial charge on any atom is 0.619 e. The van der Waals surface area contributed by atoms with Gasteiger partial charge in [-0.05, 0) is 36.4 Å². The zero-order valence-electron chi connectivity index (χ0n) is 14.4. The quantitative estimate of drug-likeness (QED) is 0.459. The first kappa shape index (κ1) is 17.1. The predicted molar refractivity (Wildman–Crippen MR) is 106 cm³/mol. The second-order valence-electron chi connectivity index (χ2n) is 5.62. The molecule has 0 unspecified atom stereocenters. The maximum atomic E-state index is 6.33. The molecule has 1 aromatic heterocycles. The molecule has 4 aromatic rings. The largest absolute Gasteiger partial charge is 0.619 e. The van der Waals surface area contributed by atoms with Gasteiger partial charge in [0.1, 0.15) is 0 Å². The summed E-state index contributed by atoms with van der Waals surface area (Å²) >= 11 is 0. The van der Waals surface area contributed by atoms with E-state index in [1.165, 1.54) is 0 Å². The lowest BCUT2D eigenvalue weighted by Crippen LogP contribution is -2.28. The third kappa shape index (κ3) is 4.10. The summed E-state index contributed by atoms with van der Waals surface area (Å²) in [5, 5.41) is 0. The van der Waals surface area contributed by atoms with Crippen LogP contribution in [0.3, 0.4) is 0 Å². The third-order valence-electron chi connectivity index (χ3n) is 3.65. The molecular weight excluding hydrogens is 359 g/mol. The van der Waals surface area contributed by atoms with Gasteiger partial charge in [0.05, 0.1) is 0 Å². The van der Waals surface area contributed by atoms with Crippen molar-refractivity contribution < 1.29 is 13.6 Å². The van der Waals surface area contributed by atoms with Gasteiger partial charge in [-0.25, -0.2) is 0 Å². The summed E-state index contributed by atoms with van der Waals surface area (Å²) in [6.45, 7) is 0. The average molecular weight is 377 g/mol. The molecule has 0 spiro atoms. The summed E-state index contributed by atoms with van der Waals surface area (Å²) < 4.78 is 19.0. The number of rotatable bonds is 7. The molecule has 0 bridgehead atoms. The number of hydrogen-bond acceptors (Lipinski definition) is 4. The summed E-state index contributed by atoms with van der Waals surface area (Å²) in [6.07, 6.45) is 3.38. The first-order valence-corrected chi connectivity index (χ1v) is 10.0. The molecule has 0 amide bonds. The molecule has 3 aromatic carbocycles. The molecule has 1 N–H and O–H groups in total. The van der Waals surface area contributed by atoms with Gasteiger partial charge in [0.25, 0.3) is 0 Å². The normalized spacial score (nSPS) is 11.0. The highest BCUT2D eigenvalue weighted by Crippen LogP contribution is 2.58. The molecular formula is C21H18N2O3P+. The minimum atomic E-state index is -3.13. The van der Waals surface area contributed by atoms with E-state index in [9.17, 15) is 0 Å². The van der Waals surface area contributed by atoms with Gasteiger partial charge < -0.3 is 4.98 Å². The Hall–Kier alpha value is -3.30. The van der Waals surface area contributed by atoms with Gasteiger partial charge in [-0.15, -0.1) is 0 Å². The van der Waals surface area contributed by atoms with E-state index in [1.807, 2.05) is 91.0 Å². The molecule has 5 nitrogen and oxygen atoms in total. The minimum Gasteiger partial charge on any atom is -0.306 e. The molecule has 1 heterocycles. The van der Waals surface area contributed by atoms with E-state index in [0.29, 0.717) is 22.8 Å². The number of nitrogens with one attached hydrogen (secondary N) is 1. The lowest BCUT2D eigenvalue weighted by molar-refractivity contribution is 0.367. The topological polar surface area (TPSA) is 56.4 Å². The number of H-pyrrole nitrogens is 1. The number of para-hydroxylation sites is 3. The number of hydrogen-bond donors (Lipinski definition) is 1. The Labute approximate surface area is 158 Å². The van der Waals surface area contributed by atoms with Crippen LogP contribution in [0.2, 0.25) is 0 Å². The molecule has 0 aliphatic heterocycles. The van der Waals surface area contributed by atoms with E-state index >= 15 is 0 Å².